The standard InChI is InChI=1S/C3H4N3.Al/c1-6-3-4-2-5-6;/h3H,1H3;. The van der Waals surface area contributed by atoms with E-state index in [9.17, 15) is 0 Å². The lowest BCUT2D eigenvalue weighted by Gasteiger charge is -1.77. The van der Waals surface area contributed by atoms with Gasteiger partial charge in [-0.1, -0.05) is 0 Å². The Morgan fingerprint density at radius 3 is 2.71 bits per heavy atom. The Balaban J connectivity index is 3.04. The van der Waals surface area contributed by atoms with Gasteiger partial charge < -0.3 is 0 Å². The van der Waals surface area contributed by atoms with Crippen LogP contribution in [0, 0.1) is 0 Å². The van der Waals surface area contributed by atoms with Crippen molar-refractivity contribution in [2.24, 2.45) is 7.05 Å². The first kappa shape index (κ1) is 4.82. The van der Waals surface area contributed by atoms with Gasteiger partial charge in [0.25, 0.3) is 0 Å². The van der Waals surface area contributed by atoms with E-state index in [-0.39, 0.29) is 0 Å². The van der Waals surface area contributed by atoms with Crippen LogP contribution < -0.4 is 4.69 Å². The van der Waals surface area contributed by atoms with Crippen LogP contribution in [0.3, 0.4) is 0 Å². The lowest BCUT2D eigenvalue weighted by atomic mass is 11.2. The molecule has 1 aromatic rings. The zero-order valence-corrected chi connectivity index (χ0v) is 5.15. The van der Waals surface area contributed by atoms with Crippen LogP contribution in [0.5, 0.6) is 0 Å². The smallest absolute Gasteiger partial charge is 0.247 e. The van der Waals surface area contributed by atoms with Gasteiger partial charge in [-0.25, -0.2) is 4.98 Å². The molecule has 1 heterocycles. The molecule has 0 N–H and O–H groups in total. The van der Waals surface area contributed by atoms with E-state index >= 15 is 0 Å². The zero-order valence-electron chi connectivity index (χ0n) is 4.00. The van der Waals surface area contributed by atoms with Crippen molar-refractivity contribution in [3.63, 3.8) is 0 Å². The summed E-state index contributed by atoms with van der Waals surface area (Å²) in [6, 6.07) is 0. The number of aromatic nitrogens is 3. The summed E-state index contributed by atoms with van der Waals surface area (Å²) >= 11 is 2.41. The van der Waals surface area contributed by atoms with Crippen LogP contribution in [0.2, 0.25) is 0 Å². The first-order chi connectivity index (χ1) is 3.29. The second-order valence-corrected chi connectivity index (χ2v) is 1.79. The molecule has 0 aliphatic heterocycles. The van der Waals surface area contributed by atoms with Gasteiger partial charge >= 0.3 is 0 Å². The molecule has 34 valence electrons. The quantitative estimate of drug-likeness (QED) is 0.384. The van der Waals surface area contributed by atoms with Crippen LogP contribution in [0.15, 0.2) is 6.33 Å². The highest BCUT2D eigenvalue weighted by Gasteiger charge is 1.82. The first-order valence-corrected chi connectivity index (χ1v) is 2.48. The van der Waals surface area contributed by atoms with Crippen molar-refractivity contribution < 1.29 is 0 Å². The monoisotopic (exact) mass is 109 g/mol. The molecular formula is C3H4AlN3. The fourth-order valence-electron chi connectivity index (χ4n) is 0.356. The molecule has 0 bridgehead atoms. The average Bonchev–Trinajstić information content (AvgIpc) is 1.87. The van der Waals surface area contributed by atoms with E-state index in [0.717, 1.165) is 4.69 Å². The molecule has 1 aromatic heterocycles. The molecular weight excluding hydrogens is 105 g/mol. The molecule has 0 aliphatic rings. The lowest BCUT2D eigenvalue weighted by Crippen LogP contribution is -2.07. The minimum absolute atomic E-state index is 0.738. The van der Waals surface area contributed by atoms with Crippen molar-refractivity contribution in [2.75, 3.05) is 0 Å². The Labute approximate surface area is 49.8 Å². The molecule has 0 saturated carbocycles. The first-order valence-electron chi connectivity index (χ1n) is 1.90. The summed E-state index contributed by atoms with van der Waals surface area (Å²) in [7, 11) is 1.83. The predicted molar refractivity (Wildman–Crippen MR) is 26.4 cm³/mol. The van der Waals surface area contributed by atoms with Gasteiger partial charge in [-0.3, -0.25) is 4.68 Å². The number of hydrogen-bond acceptors (Lipinski definition) is 2. The zero-order chi connectivity index (χ0) is 5.28. The molecule has 1 rings (SSSR count). The maximum absolute atomic E-state index is 3.88. The number of aryl methyl sites for hydroxylation is 1. The molecule has 0 atom stereocenters. The molecule has 0 spiro atoms. The van der Waals surface area contributed by atoms with Crippen LogP contribution in [0.1, 0.15) is 0 Å². The molecule has 0 unspecified atom stereocenters. The van der Waals surface area contributed by atoms with Gasteiger partial charge in [0.05, 0.1) is 0 Å². The second kappa shape index (κ2) is 1.65. The molecule has 2 radical (unpaired) electrons. The van der Waals surface area contributed by atoms with Gasteiger partial charge in [0.1, 0.15) is 6.33 Å². The Bertz CT molecular complexity index is 142. The minimum Gasteiger partial charge on any atom is -0.257 e. The topological polar surface area (TPSA) is 30.7 Å². The molecule has 7 heavy (non-hydrogen) atoms. The Hall–Kier alpha value is -0.328. The van der Waals surface area contributed by atoms with Crippen molar-refractivity contribution in [1.29, 1.82) is 0 Å². The van der Waals surface area contributed by atoms with E-state index < -0.39 is 0 Å². The van der Waals surface area contributed by atoms with E-state index in [4.69, 9.17) is 0 Å². The summed E-state index contributed by atoms with van der Waals surface area (Å²) in [5.74, 6) is 0. The van der Waals surface area contributed by atoms with Crippen molar-refractivity contribution >= 4 is 21.0 Å². The van der Waals surface area contributed by atoms with Gasteiger partial charge in [0.15, 0.2) is 0 Å². The van der Waals surface area contributed by atoms with Crippen LogP contribution in [0.4, 0.5) is 0 Å². The molecule has 0 fully saturated rings. The van der Waals surface area contributed by atoms with Crippen molar-refractivity contribution in [3.8, 4) is 0 Å². The summed E-state index contributed by atoms with van der Waals surface area (Å²) in [5, 5.41) is 3.88. The van der Waals surface area contributed by atoms with Gasteiger partial charge in [0, 0.05) is 11.7 Å². The van der Waals surface area contributed by atoms with Crippen molar-refractivity contribution in [1.82, 2.24) is 14.8 Å². The van der Waals surface area contributed by atoms with Crippen molar-refractivity contribution in [2.45, 2.75) is 0 Å². The molecule has 0 aromatic carbocycles. The Morgan fingerprint density at radius 2 is 2.57 bits per heavy atom. The third-order valence-corrected chi connectivity index (χ3v) is 0.882. The second-order valence-electron chi connectivity index (χ2n) is 1.28. The van der Waals surface area contributed by atoms with Gasteiger partial charge in [0.2, 0.25) is 16.3 Å². The maximum atomic E-state index is 3.88. The number of nitrogens with zero attached hydrogens (tertiary/aromatic N) is 3. The number of hydrogen-bond donors (Lipinski definition) is 0. The van der Waals surface area contributed by atoms with Crippen LogP contribution in [-0.4, -0.2) is 31.1 Å². The van der Waals surface area contributed by atoms with Gasteiger partial charge in [-0.2, -0.15) is 5.10 Å². The fraction of sp³-hybridized carbons (Fsp3) is 0.333. The summed E-state index contributed by atoms with van der Waals surface area (Å²) in [4.78, 5) is 3.83. The third-order valence-electron chi connectivity index (χ3n) is 0.617. The normalized spacial score (nSPS) is 9.29. The van der Waals surface area contributed by atoms with Crippen LogP contribution in [0.25, 0.3) is 0 Å². The van der Waals surface area contributed by atoms with E-state index in [2.05, 4.69) is 26.4 Å². The Kier molecular flexibility index (Phi) is 1.13. The van der Waals surface area contributed by atoms with Crippen molar-refractivity contribution in [3.05, 3.63) is 6.33 Å². The minimum atomic E-state index is 0.738. The third kappa shape index (κ3) is 1.02. The summed E-state index contributed by atoms with van der Waals surface area (Å²) in [6.07, 6.45) is 1.66. The highest BCUT2D eigenvalue weighted by atomic mass is 27.0. The van der Waals surface area contributed by atoms with Gasteiger partial charge in [-0.15, -0.1) is 0 Å². The Morgan fingerprint density at radius 1 is 1.86 bits per heavy atom. The highest BCUT2D eigenvalue weighted by molar-refractivity contribution is 6.28. The van der Waals surface area contributed by atoms with E-state index in [1.165, 1.54) is 0 Å². The van der Waals surface area contributed by atoms with Crippen LogP contribution in [-0.2, 0) is 7.05 Å². The molecule has 0 amide bonds. The molecule has 0 aliphatic carbocycles. The summed E-state index contributed by atoms with van der Waals surface area (Å²) in [5.41, 5.74) is 0. The van der Waals surface area contributed by atoms with E-state index in [0.29, 0.717) is 0 Å². The summed E-state index contributed by atoms with van der Waals surface area (Å²) in [6.45, 7) is 0. The molecule has 3 nitrogen and oxygen atoms in total. The highest BCUT2D eigenvalue weighted by Crippen LogP contribution is 1.61. The molecule has 0 saturated heterocycles. The largest absolute Gasteiger partial charge is 0.257 e. The van der Waals surface area contributed by atoms with E-state index in [1.54, 1.807) is 11.0 Å². The average molecular weight is 109 g/mol. The lowest BCUT2D eigenvalue weighted by molar-refractivity contribution is 0.772. The molecule has 4 heteroatoms. The number of rotatable bonds is 0. The van der Waals surface area contributed by atoms with Crippen LogP contribution >= 0.6 is 0 Å². The predicted octanol–water partition coefficient (Wildman–Crippen LogP) is -1.39. The maximum Gasteiger partial charge on any atom is 0.247 e. The fourth-order valence-corrected chi connectivity index (χ4v) is 0.605. The van der Waals surface area contributed by atoms with Gasteiger partial charge in [-0.05, 0) is 0 Å². The summed E-state index contributed by atoms with van der Waals surface area (Å²) < 4.78 is 2.39. The van der Waals surface area contributed by atoms with E-state index in [1.807, 2.05) is 7.05 Å². The SMILES string of the molecule is Cn1cn[c]([Al])n1.